The number of nitrogens with zero attached hydrogens (tertiary/aromatic N) is 2. The second-order valence-corrected chi connectivity index (χ2v) is 8.27. The van der Waals surface area contributed by atoms with E-state index in [1.165, 1.54) is 16.9 Å². The largest absolute Gasteiger partial charge is 0.297 e. The number of halogens is 1. The number of nitrogens with one attached hydrogen (secondary N) is 1. The maximum atomic E-state index is 12.5. The molecule has 0 radical (unpaired) electrons. The number of benzene rings is 2. The van der Waals surface area contributed by atoms with Crippen LogP contribution in [0.5, 0.6) is 0 Å². The molecule has 0 aliphatic heterocycles. The van der Waals surface area contributed by atoms with Gasteiger partial charge in [0.2, 0.25) is 0 Å². The zero-order valence-corrected chi connectivity index (χ0v) is 17.8. The van der Waals surface area contributed by atoms with E-state index in [-0.39, 0.29) is 5.57 Å². The number of hydrogen-bond acceptors (Lipinski definition) is 4. The highest BCUT2D eigenvalue weighted by molar-refractivity contribution is 9.10. The third-order valence-electron chi connectivity index (χ3n) is 4.12. The van der Waals surface area contributed by atoms with E-state index in [1.54, 1.807) is 6.08 Å². The molecule has 3 aromatic rings. The third-order valence-corrected chi connectivity index (χ3v) is 5.38. The summed E-state index contributed by atoms with van der Waals surface area (Å²) >= 11 is 4.76. The van der Waals surface area contributed by atoms with Gasteiger partial charge in [-0.2, -0.15) is 5.26 Å². The molecule has 140 valence electrons. The van der Waals surface area contributed by atoms with E-state index in [1.807, 2.05) is 60.0 Å². The first-order chi connectivity index (χ1) is 13.5. The minimum atomic E-state index is -0.467. The fraction of sp³-hybridized carbons (Fsp3) is 0.136. The number of aromatic nitrogens is 1. The molecule has 6 heteroatoms. The van der Waals surface area contributed by atoms with E-state index in [4.69, 9.17) is 0 Å². The van der Waals surface area contributed by atoms with Crippen molar-refractivity contribution in [2.45, 2.75) is 19.8 Å². The normalized spacial score (nSPS) is 11.3. The van der Waals surface area contributed by atoms with Gasteiger partial charge in [-0.25, -0.2) is 4.98 Å². The quantitative estimate of drug-likeness (QED) is 0.368. The predicted octanol–water partition coefficient (Wildman–Crippen LogP) is 6.24. The molecule has 0 saturated carbocycles. The summed E-state index contributed by atoms with van der Waals surface area (Å²) in [5, 5.41) is 14.4. The molecule has 1 amide bonds. The van der Waals surface area contributed by atoms with Gasteiger partial charge < -0.3 is 0 Å². The Morgan fingerprint density at radius 1 is 1.25 bits per heavy atom. The maximum Gasteiger partial charge on any atom is 0.268 e. The van der Waals surface area contributed by atoms with Crippen LogP contribution in [0.4, 0.5) is 5.13 Å². The Morgan fingerprint density at radius 2 is 2.00 bits per heavy atom. The van der Waals surface area contributed by atoms with Crippen molar-refractivity contribution in [3.8, 4) is 17.3 Å². The van der Waals surface area contributed by atoms with Crippen LogP contribution in [0.15, 0.2) is 64.0 Å². The molecule has 3 rings (SSSR count). The van der Waals surface area contributed by atoms with Gasteiger partial charge in [-0.1, -0.05) is 66.2 Å². The van der Waals surface area contributed by atoms with Crippen LogP contribution in [-0.2, 0) is 4.79 Å². The predicted molar refractivity (Wildman–Crippen MR) is 118 cm³/mol. The van der Waals surface area contributed by atoms with Crippen LogP contribution in [0.1, 0.15) is 30.9 Å². The van der Waals surface area contributed by atoms with Crippen molar-refractivity contribution in [1.29, 1.82) is 5.26 Å². The zero-order chi connectivity index (χ0) is 20.1. The molecule has 0 unspecified atom stereocenters. The number of anilines is 1. The Bertz CT molecular complexity index is 1060. The highest BCUT2D eigenvalue weighted by Crippen LogP contribution is 2.27. The summed E-state index contributed by atoms with van der Waals surface area (Å²) in [6.07, 6.45) is 1.59. The third kappa shape index (κ3) is 4.94. The maximum absolute atomic E-state index is 12.5. The van der Waals surface area contributed by atoms with E-state index < -0.39 is 5.91 Å². The van der Waals surface area contributed by atoms with Gasteiger partial charge in [-0.05, 0) is 35.3 Å². The van der Waals surface area contributed by atoms with Gasteiger partial charge in [0.25, 0.3) is 5.91 Å². The number of carbonyl (C=O) groups excluding carboxylic acids is 1. The average Bonchev–Trinajstić information content (AvgIpc) is 3.15. The molecule has 0 atom stereocenters. The van der Waals surface area contributed by atoms with Gasteiger partial charge in [0.05, 0.1) is 5.69 Å². The van der Waals surface area contributed by atoms with E-state index in [0.29, 0.717) is 11.0 Å². The zero-order valence-electron chi connectivity index (χ0n) is 15.4. The van der Waals surface area contributed by atoms with Crippen LogP contribution in [0.25, 0.3) is 17.3 Å². The Kier molecular flexibility index (Phi) is 6.40. The lowest BCUT2D eigenvalue weighted by molar-refractivity contribution is -0.112. The summed E-state index contributed by atoms with van der Waals surface area (Å²) in [7, 11) is 0. The molecule has 1 N–H and O–H groups in total. The number of nitriles is 1. The van der Waals surface area contributed by atoms with Crippen molar-refractivity contribution in [2.24, 2.45) is 0 Å². The average molecular weight is 452 g/mol. The van der Waals surface area contributed by atoms with Crippen molar-refractivity contribution < 1.29 is 4.79 Å². The molecule has 0 saturated heterocycles. The van der Waals surface area contributed by atoms with Gasteiger partial charge in [-0.15, -0.1) is 11.3 Å². The van der Waals surface area contributed by atoms with Crippen LogP contribution in [0, 0.1) is 11.3 Å². The number of rotatable bonds is 5. The molecule has 28 heavy (non-hydrogen) atoms. The first kappa shape index (κ1) is 20.0. The lowest BCUT2D eigenvalue weighted by atomic mass is 10.0. The number of thiazole rings is 1. The molecule has 0 aliphatic rings. The minimum Gasteiger partial charge on any atom is -0.297 e. The van der Waals surface area contributed by atoms with Crippen molar-refractivity contribution in [3.05, 3.63) is 75.1 Å². The Balaban J connectivity index is 1.75. The van der Waals surface area contributed by atoms with Crippen LogP contribution in [-0.4, -0.2) is 10.9 Å². The van der Waals surface area contributed by atoms with Crippen molar-refractivity contribution >= 4 is 44.4 Å². The molecule has 2 aromatic carbocycles. The van der Waals surface area contributed by atoms with Gasteiger partial charge in [-0.3, -0.25) is 10.1 Å². The van der Waals surface area contributed by atoms with Crippen molar-refractivity contribution in [2.75, 3.05) is 5.32 Å². The first-order valence-corrected chi connectivity index (χ1v) is 10.4. The number of hydrogen-bond donors (Lipinski definition) is 1. The molecule has 1 aromatic heterocycles. The Labute approximate surface area is 176 Å². The summed E-state index contributed by atoms with van der Waals surface area (Å²) in [5.41, 5.74) is 3.78. The number of carbonyl (C=O) groups is 1. The number of amides is 1. The standard InChI is InChI=1S/C22H18BrN3OS/c1-14(2)16-8-6-15(7-9-16)10-18(12-24)21(27)26-22-25-20(13-28-22)17-4-3-5-19(23)11-17/h3-11,13-14H,1-2H3,(H,25,26,27). The fourth-order valence-corrected chi connectivity index (χ4v) is 3.68. The van der Waals surface area contributed by atoms with Gasteiger partial charge in [0, 0.05) is 15.4 Å². The molecule has 0 aliphatic carbocycles. The molecular formula is C22H18BrN3OS. The second-order valence-electron chi connectivity index (χ2n) is 6.49. The van der Waals surface area contributed by atoms with Crippen LogP contribution in [0.3, 0.4) is 0 Å². The Hall–Kier alpha value is -2.75. The van der Waals surface area contributed by atoms with Crippen molar-refractivity contribution in [3.63, 3.8) is 0 Å². The monoisotopic (exact) mass is 451 g/mol. The van der Waals surface area contributed by atoms with Gasteiger partial charge in [0.1, 0.15) is 11.6 Å². The minimum absolute atomic E-state index is 0.0384. The molecule has 4 nitrogen and oxygen atoms in total. The lowest BCUT2D eigenvalue weighted by Gasteiger charge is -2.05. The van der Waals surface area contributed by atoms with Crippen LogP contribution >= 0.6 is 27.3 Å². The Morgan fingerprint density at radius 3 is 2.64 bits per heavy atom. The van der Waals surface area contributed by atoms with Crippen LogP contribution in [0.2, 0.25) is 0 Å². The summed E-state index contributed by atoms with van der Waals surface area (Å²) in [6, 6.07) is 17.6. The summed E-state index contributed by atoms with van der Waals surface area (Å²) in [5.74, 6) is -0.0355. The summed E-state index contributed by atoms with van der Waals surface area (Å²) in [6.45, 7) is 4.24. The molecule has 0 bridgehead atoms. The van der Waals surface area contributed by atoms with Gasteiger partial charge in [0.15, 0.2) is 5.13 Å². The topological polar surface area (TPSA) is 65.8 Å². The second kappa shape index (κ2) is 8.96. The molecule has 0 fully saturated rings. The van der Waals surface area contributed by atoms with E-state index in [0.717, 1.165) is 21.3 Å². The smallest absolute Gasteiger partial charge is 0.268 e. The summed E-state index contributed by atoms with van der Waals surface area (Å²) < 4.78 is 0.960. The van der Waals surface area contributed by atoms with Crippen LogP contribution < -0.4 is 5.32 Å². The molecule has 1 heterocycles. The lowest BCUT2D eigenvalue weighted by Crippen LogP contribution is -2.13. The fourth-order valence-electron chi connectivity index (χ4n) is 2.57. The highest BCUT2D eigenvalue weighted by Gasteiger charge is 2.13. The molecular weight excluding hydrogens is 434 g/mol. The van der Waals surface area contributed by atoms with E-state index >= 15 is 0 Å². The SMILES string of the molecule is CC(C)c1ccc(C=C(C#N)C(=O)Nc2nc(-c3cccc(Br)c3)cs2)cc1. The molecule has 0 spiro atoms. The first-order valence-electron chi connectivity index (χ1n) is 8.71. The summed E-state index contributed by atoms with van der Waals surface area (Å²) in [4.78, 5) is 16.9. The van der Waals surface area contributed by atoms with Gasteiger partial charge >= 0.3 is 0 Å². The van der Waals surface area contributed by atoms with E-state index in [2.05, 4.69) is 40.1 Å². The highest BCUT2D eigenvalue weighted by atomic mass is 79.9. The van der Waals surface area contributed by atoms with E-state index in [9.17, 15) is 10.1 Å². The van der Waals surface area contributed by atoms with Crippen molar-refractivity contribution in [1.82, 2.24) is 4.98 Å².